The van der Waals surface area contributed by atoms with Gasteiger partial charge in [0, 0.05) is 6.61 Å². The molecule has 5 nitrogen and oxygen atoms in total. The number of Topliss-reactive ketones (excluding diaryl/α,β-unsaturated/α-hetero) is 1. The monoisotopic (exact) mass is 796 g/mol. The summed E-state index contributed by atoms with van der Waals surface area (Å²) in [6, 6.07) is 17.2. The number of carbonyl (C=O) groups excluding carboxylic acids is 1. The third kappa shape index (κ3) is 9.37. The van der Waals surface area contributed by atoms with Crippen molar-refractivity contribution in [2.24, 2.45) is 5.41 Å². The van der Waals surface area contributed by atoms with Crippen LogP contribution in [0.2, 0.25) is 0 Å². The van der Waals surface area contributed by atoms with Crippen LogP contribution in [0.25, 0.3) is 25.6 Å². The zero-order chi connectivity index (χ0) is 34.7. The molecule has 1 fully saturated rings. The second-order valence-electron chi connectivity index (χ2n) is 16.1. The number of ether oxygens (including phenoxy) is 1. The van der Waals surface area contributed by atoms with Gasteiger partial charge >= 0.3 is 256 Å². The first-order valence-corrected chi connectivity index (χ1v) is 19.0. The molecule has 0 atom stereocenters. The predicted molar refractivity (Wildman–Crippen MR) is 189 cm³/mol. The Balaban J connectivity index is 0.00000105. The van der Waals surface area contributed by atoms with Gasteiger partial charge in [-0.05, 0) is 0 Å². The maximum Gasteiger partial charge on any atom is 0.00878 e. The van der Waals surface area contributed by atoms with E-state index in [9.17, 15) is 15.0 Å². The fourth-order valence-electron chi connectivity index (χ4n) is 5.21. The van der Waals surface area contributed by atoms with E-state index in [1.807, 2.05) is 61.2 Å². The van der Waals surface area contributed by atoms with Crippen molar-refractivity contribution < 1.29 is 37.5 Å². The maximum atomic E-state index is 14.9. The van der Waals surface area contributed by atoms with Gasteiger partial charge in [-0.3, -0.25) is 0 Å². The SMILES string of the molecule is CC(C)(C)[N+]#[W]=[C](C(=O)c1c(-c2cccc(C(C)(C)C)c2O)cccc1-c1cccc(C(C)(C)C)c1O)C(C)(C)C.[CH-]1CCCO1. The Morgan fingerprint density at radius 1 is 0.717 bits per heavy atom. The van der Waals surface area contributed by atoms with Crippen molar-refractivity contribution in [3.8, 4) is 33.8 Å². The first-order chi connectivity index (χ1) is 21.1. The van der Waals surface area contributed by atoms with Crippen LogP contribution in [0.5, 0.6) is 11.5 Å². The van der Waals surface area contributed by atoms with E-state index in [2.05, 4.69) is 83.1 Å². The number of phenolic OH excluding ortho intramolecular Hbond substituents is 2. The largest absolute Gasteiger partial charge is 0.552 e. The molecule has 0 aliphatic carbocycles. The summed E-state index contributed by atoms with van der Waals surface area (Å²) in [6.07, 6.45) is 2.38. The Bertz CT molecular complexity index is 1590. The van der Waals surface area contributed by atoms with E-state index in [1.165, 1.54) is 6.42 Å². The summed E-state index contributed by atoms with van der Waals surface area (Å²) in [5, 5.41) is 23.2. The third-order valence-corrected chi connectivity index (χ3v) is 13.4. The van der Waals surface area contributed by atoms with Crippen molar-refractivity contribution in [3.63, 3.8) is 0 Å². The molecule has 2 N–H and O–H groups in total. The number of hydrogen-bond donors (Lipinski definition) is 2. The molecule has 0 unspecified atom stereocenters. The minimum Gasteiger partial charge on any atom is -0.552 e. The summed E-state index contributed by atoms with van der Waals surface area (Å²) >= 11 is -1.59. The van der Waals surface area contributed by atoms with E-state index in [4.69, 9.17) is 8.05 Å². The average molecular weight is 797 g/mol. The van der Waals surface area contributed by atoms with E-state index >= 15 is 0 Å². The Morgan fingerprint density at radius 3 is 1.48 bits per heavy atom. The Hall–Kier alpha value is -2.84. The molecule has 0 radical (unpaired) electrons. The van der Waals surface area contributed by atoms with E-state index in [-0.39, 0.29) is 39.1 Å². The van der Waals surface area contributed by atoms with Crippen molar-refractivity contribution in [3.05, 3.63) is 81.2 Å². The summed E-state index contributed by atoms with van der Waals surface area (Å²) in [5.41, 5.74) is 3.48. The Labute approximate surface area is 285 Å². The van der Waals surface area contributed by atoms with Crippen LogP contribution < -0.4 is 0 Å². The van der Waals surface area contributed by atoms with Crippen molar-refractivity contribution in [2.45, 2.75) is 112 Å². The minimum atomic E-state index is -1.59. The number of nitrogens with zero attached hydrogens (tertiary/aromatic N) is 1. The molecule has 1 heterocycles. The summed E-state index contributed by atoms with van der Waals surface area (Å²) in [7, 11) is 0. The summed E-state index contributed by atoms with van der Waals surface area (Å²) in [4.78, 5) is 14.9. The number of hydrogen-bond acceptors (Lipinski definition) is 4. The maximum absolute atomic E-state index is 14.9. The molecular weight excluding hydrogens is 742 g/mol. The number of para-hydroxylation sites is 2. The number of rotatable bonds is 4. The van der Waals surface area contributed by atoms with E-state index < -0.39 is 17.7 Å². The van der Waals surface area contributed by atoms with Gasteiger partial charge in [-0.2, -0.15) is 6.42 Å². The van der Waals surface area contributed by atoms with Gasteiger partial charge in [-0.1, -0.05) is 6.42 Å². The molecule has 1 aliphatic rings. The molecule has 6 heteroatoms. The molecule has 4 rings (SSSR count). The zero-order valence-corrected chi connectivity index (χ0v) is 32.9. The van der Waals surface area contributed by atoms with Gasteiger partial charge in [0.25, 0.3) is 0 Å². The van der Waals surface area contributed by atoms with Crippen LogP contribution >= 0.6 is 0 Å². The average Bonchev–Trinajstić information content (AvgIpc) is 3.51. The van der Waals surface area contributed by atoms with Crippen LogP contribution in [0.15, 0.2) is 54.6 Å². The molecule has 1 saturated heterocycles. The van der Waals surface area contributed by atoms with Crippen LogP contribution in [0.1, 0.15) is 117 Å². The number of aromatic hydroxyl groups is 2. The van der Waals surface area contributed by atoms with Crippen molar-refractivity contribution >= 4 is 9.68 Å². The van der Waals surface area contributed by atoms with Gasteiger partial charge in [-0.25, -0.2) is 6.61 Å². The van der Waals surface area contributed by atoms with Crippen LogP contribution in [0.3, 0.4) is 0 Å². The second kappa shape index (κ2) is 14.5. The van der Waals surface area contributed by atoms with Gasteiger partial charge in [0.05, 0.1) is 0 Å². The molecule has 249 valence electrons. The fourth-order valence-corrected chi connectivity index (χ4v) is 8.17. The first kappa shape index (κ1) is 37.6. The molecule has 0 saturated carbocycles. The number of ketones is 1. The molecule has 0 aromatic heterocycles. The smallest absolute Gasteiger partial charge is 0.00878 e. The minimum absolute atomic E-state index is 0.0535. The third-order valence-electron chi connectivity index (χ3n) is 7.56. The fraction of sp³-hybridized carbons (Fsp3) is 0.475. The van der Waals surface area contributed by atoms with Gasteiger partial charge in [0.2, 0.25) is 0 Å². The molecule has 0 bridgehead atoms. The van der Waals surface area contributed by atoms with Crippen LogP contribution in [-0.2, 0) is 33.3 Å². The van der Waals surface area contributed by atoms with E-state index in [1.54, 1.807) is 0 Å². The predicted octanol–water partition coefficient (Wildman–Crippen LogP) is 10.6. The van der Waals surface area contributed by atoms with Crippen LogP contribution in [-0.4, -0.2) is 32.0 Å². The van der Waals surface area contributed by atoms with Gasteiger partial charge in [0.1, 0.15) is 0 Å². The van der Waals surface area contributed by atoms with Gasteiger partial charge in [-0.15, -0.1) is 0 Å². The molecule has 0 spiro atoms. The number of carbonyl (C=O) groups is 1. The number of benzene rings is 3. The van der Waals surface area contributed by atoms with Gasteiger partial charge in [0.15, 0.2) is 0 Å². The standard InChI is InChI=1S/C32H38O3.C4H9N.C4H7O.W/c1-30(2,3)19-26(33)27-20(22-15-11-17-24(28(22)34)31(4,5)6)13-10-14-21(27)23-16-12-18-25(29(23)35)32(7,8)9;1-4(2,3)5;1-2-4-5-3-1;/h10-18,34-35H,1-9H3;1-3H3;3H,1-2,4H2;/q;+1;-1;. The first-order valence-electron chi connectivity index (χ1n) is 16.2. The topological polar surface area (TPSA) is 71.1 Å². The van der Waals surface area contributed by atoms with Crippen LogP contribution in [0.4, 0.5) is 0 Å². The zero-order valence-electron chi connectivity index (χ0n) is 30.0. The van der Waals surface area contributed by atoms with E-state index in [0.717, 1.165) is 28.1 Å². The normalized spacial score (nSPS) is 13.7. The number of phenols is 2. The second-order valence-corrected chi connectivity index (χ2v) is 18.9. The quantitative estimate of drug-likeness (QED) is 0.204. The Kier molecular flexibility index (Phi) is 11.9. The van der Waals surface area contributed by atoms with Crippen molar-refractivity contribution in [2.75, 3.05) is 6.61 Å². The molecule has 3 aromatic carbocycles. The molecular formula is C40H54NO4W. The summed E-state index contributed by atoms with van der Waals surface area (Å²) in [6.45, 7) is 27.7. The summed E-state index contributed by atoms with van der Waals surface area (Å²) in [5.74, 6) is 0.299. The van der Waals surface area contributed by atoms with E-state index in [0.29, 0.717) is 27.8 Å². The van der Waals surface area contributed by atoms with Crippen molar-refractivity contribution in [1.29, 1.82) is 0 Å². The van der Waals surface area contributed by atoms with Crippen molar-refractivity contribution in [1.82, 2.24) is 0 Å². The van der Waals surface area contributed by atoms with Crippen LogP contribution in [0, 0.1) is 12.0 Å². The molecule has 0 amide bonds. The van der Waals surface area contributed by atoms with Gasteiger partial charge < -0.3 is 4.74 Å². The molecule has 3 aromatic rings. The summed E-state index contributed by atoms with van der Waals surface area (Å²) < 4.78 is 10.7. The molecule has 46 heavy (non-hydrogen) atoms. The molecule has 1 aliphatic heterocycles. The Morgan fingerprint density at radius 2 is 1.15 bits per heavy atom.